The fourth-order valence-corrected chi connectivity index (χ4v) is 1.24. The molecule has 0 aliphatic rings. The van der Waals surface area contributed by atoms with Crippen LogP contribution in [0, 0.1) is 0 Å². The van der Waals surface area contributed by atoms with Crippen LogP contribution in [0.5, 0.6) is 0 Å². The van der Waals surface area contributed by atoms with Crippen LogP contribution in [0.1, 0.15) is 12.0 Å². The van der Waals surface area contributed by atoms with Crippen LogP contribution in [0.2, 0.25) is 0 Å². The molecule has 0 saturated carbocycles. The first kappa shape index (κ1) is 12.0. The van der Waals surface area contributed by atoms with Crippen molar-refractivity contribution in [3.8, 4) is 0 Å². The van der Waals surface area contributed by atoms with E-state index < -0.39 is 0 Å². The molecule has 1 rings (SSSR count). The van der Waals surface area contributed by atoms with E-state index in [-0.39, 0.29) is 17.0 Å². The summed E-state index contributed by atoms with van der Waals surface area (Å²) >= 11 is 3.40. The summed E-state index contributed by atoms with van der Waals surface area (Å²) in [7, 11) is 0. The molecule has 2 N–H and O–H groups in total. The Hall–Kier alpha value is -0.0200. The fraction of sp³-hybridized carbons (Fsp3) is 0.333. The molecule has 0 aliphatic carbocycles. The standard InChI is InChI=1S/C9H12BrN.BrH/c10-7-1-2-8-3-5-9(11)6-4-8;/h3-6H,1-2,7,11H2;1H. The van der Waals surface area contributed by atoms with Gasteiger partial charge in [0.25, 0.3) is 0 Å². The molecule has 0 aliphatic heterocycles. The number of aryl methyl sites for hydroxylation is 1. The average molecular weight is 295 g/mol. The van der Waals surface area contributed by atoms with Crippen LogP contribution in [0.4, 0.5) is 5.69 Å². The Labute approximate surface area is 92.2 Å². The molecule has 0 radical (unpaired) electrons. The lowest BCUT2D eigenvalue weighted by atomic mass is 10.1. The molecule has 68 valence electrons. The number of nitrogens with two attached hydrogens (primary N) is 1. The second-order valence-corrected chi connectivity index (χ2v) is 3.33. The van der Waals surface area contributed by atoms with E-state index in [2.05, 4.69) is 28.1 Å². The molecule has 3 heteroatoms. The lowest BCUT2D eigenvalue weighted by Crippen LogP contribution is -1.88. The van der Waals surface area contributed by atoms with E-state index in [9.17, 15) is 0 Å². The van der Waals surface area contributed by atoms with Gasteiger partial charge in [0.2, 0.25) is 0 Å². The quantitative estimate of drug-likeness (QED) is 0.672. The van der Waals surface area contributed by atoms with Crippen LogP contribution in [0.25, 0.3) is 0 Å². The molecule has 12 heavy (non-hydrogen) atoms. The summed E-state index contributed by atoms with van der Waals surface area (Å²) in [5.41, 5.74) is 7.75. The van der Waals surface area contributed by atoms with E-state index in [1.165, 1.54) is 12.0 Å². The summed E-state index contributed by atoms with van der Waals surface area (Å²) in [6.07, 6.45) is 2.31. The lowest BCUT2D eigenvalue weighted by molar-refractivity contribution is 0.940. The topological polar surface area (TPSA) is 26.0 Å². The number of hydrogen-bond donors (Lipinski definition) is 1. The zero-order valence-electron chi connectivity index (χ0n) is 6.79. The maximum Gasteiger partial charge on any atom is 0.0314 e. The monoisotopic (exact) mass is 293 g/mol. The molecule has 0 spiro atoms. The van der Waals surface area contributed by atoms with Gasteiger partial charge in [-0.3, -0.25) is 0 Å². The number of halogens is 2. The summed E-state index contributed by atoms with van der Waals surface area (Å²) in [5.74, 6) is 0. The predicted molar refractivity (Wildman–Crippen MR) is 63.3 cm³/mol. The third-order valence-corrected chi connectivity index (χ3v) is 2.14. The van der Waals surface area contributed by atoms with Crippen LogP contribution in [-0.4, -0.2) is 5.33 Å². The molecule has 0 amide bonds. The molecule has 0 aromatic heterocycles. The number of nitrogen functional groups attached to an aromatic ring is 1. The van der Waals surface area contributed by atoms with E-state index in [1.54, 1.807) is 0 Å². The molecule has 0 atom stereocenters. The summed E-state index contributed by atoms with van der Waals surface area (Å²) in [6.45, 7) is 0. The average Bonchev–Trinajstić information content (AvgIpc) is 2.04. The van der Waals surface area contributed by atoms with Gasteiger partial charge in [0.1, 0.15) is 0 Å². The molecule has 1 aromatic carbocycles. The molecule has 0 heterocycles. The van der Waals surface area contributed by atoms with Crippen molar-refractivity contribution in [2.75, 3.05) is 11.1 Å². The van der Waals surface area contributed by atoms with Crippen LogP contribution < -0.4 is 5.73 Å². The minimum absolute atomic E-state index is 0. The summed E-state index contributed by atoms with van der Waals surface area (Å²) in [4.78, 5) is 0. The molecule has 1 nitrogen and oxygen atoms in total. The number of anilines is 1. The van der Waals surface area contributed by atoms with Crippen molar-refractivity contribution in [1.82, 2.24) is 0 Å². The molecule has 1 aromatic rings. The molecule has 0 fully saturated rings. The maximum absolute atomic E-state index is 5.55. The summed E-state index contributed by atoms with van der Waals surface area (Å²) in [6, 6.07) is 8.06. The summed E-state index contributed by atoms with van der Waals surface area (Å²) < 4.78 is 0. The van der Waals surface area contributed by atoms with Gasteiger partial charge in [0.15, 0.2) is 0 Å². The second kappa shape index (κ2) is 6.49. The molecule has 0 unspecified atom stereocenters. The van der Waals surface area contributed by atoms with Gasteiger partial charge in [0.05, 0.1) is 0 Å². The first-order valence-corrected chi connectivity index (χ1v) is 4.85. The van der Waals surface area contributed by atoms with Crippen molar-refractivity contribution >= 4 is 38.6 Å². The highest BCUT2D eigenvalue weighted by Gasteiger charge is 1.90. The number of rotatable bonds is 3. The van der Waals surface area contributed by atoms with E-state index in [4.69, 9.17) is 5.73 Å². The van der Waals surface area contributed by atoms with Gasteiger partial charge in [-0.2, -0.15) is 0 Å². The number of hydrogen-bond acceptors (Lipinski definition) is 1. The van der Waals surface area contributed by atoms with Crippen LogP contribution in [-0.2, 0) is 6.42 Å². The smallest absolute Gasteiger partial charge is 0.0314 e. The number of benzene rings is 1. The normalized spacial score (nSPS) is 9.08. The fourth-order valence-electron chi connectivity index (χ4n) is 0.955. The Morgan fingerprint density at radius 2 is 1.75 bits per heavy atom. The molecule has 0 bridgehead atoms. The lowest BCUT2D eigenvalue weighted by Gasteiger charge is -1.98. The minimum atomic E-state index is 0. The van der Waals surface area contributed by atoms with Crippen molar-refractivity contribution in [3.63, 3.8) is 0 Å². The maximum atomic E-state index is 5.55. The van der Waals surface area contributed by atoms with Crippen molar-refractivity contribution in [2.24, 2.45) is 0 Å². The van der Waals surface area contributed by atoms with Crippen molar-refractivity contribution in [3.05, 3.63) is 29.8 Å². The van der Waals surface area contributed by atoms with Gasteiger partial charge in [-0.1, -0.05) is 28.1 Å². The highest BCUT2D eigenvalue weighted by atomic mass is 79.9. The Morgan fingerprint density at radius 1 is 1.17 bits per heavy atom. The number of alkyl halides is 1. The van der Waals surface area contributed by atoms with Crippen LogP contribution >= 0.6 is 32.9 Å². The molecular weight excluding hydrogens is 282 g/mol. The van der Waals surface area contributed by atoms with Crippen LogP contribution in [0.3, 0.4) is 0 Å². The van der Waals surface area contributed by atoms with E-state index >= 15 is 0 Å². The Kier molecular flexibility index (Phi) is 6.48. The van der Waals surface area contributed by atoms with Crippen molar-refractivity contribution in [1.29, 1.82) is 0 Å². The van der Waals surface area contributed by atoms with Gasteiger partial charge in [-0.15, -0.1) is 17.0 Å². The van der Waals surface area contributed by atoms with E-state index in [0.29, 0.717) is 0 Å². The highest BCUT2D eigenvalue weighted by Crippen LogP contribution is 2.07. The molecule has 0 saturated heterocycles. The summed E-state index contributed by atoms with van der Waals surface area (Å²) in [5, 5.41) is 1.07. The first-order chi connectivity index (χ1) is 5.33. The van der Waals surface area contributed by atoms with Crippen molar-refractivity contribution in [2.45, 2.75) is 12.8 Å². The third-order valence-electron chi connectivity index (χ3n) is 1.58. The van der Waals surface area contributed by atoms with Crippen LogP contribution in [0.15, 0.2) is 24.3 Å². The zero-order chi connectivity index (χ0) is 8.10. The van der Waals surface area contributed by atoms with Gasteiger partial charge >= 0.3 is 0 Å². The predicted octanol–water partition coefficient (Wildman–Crippen LogP) is 3.17. The van der Waals surface area contributed by atoms with Gasteiger partial charge in [-0.25, -0.2) is 0 Å². The Morgan fingerprint density at radius 3 is 2.25 bits per heavy atom. The largest absolute Gasteiger partial charge is 0.399 e. The van der Waals surface area contributed by atoms with Gasteiger partial charge < -0.3 is 5.73 Å². The zero-order valence-corrected chi connectivity index (χ0v) is 10.1. The Bertz CT molecular complexity index is 208. The Balaban J connectivity index is 0.00000121. The highest BCUT2D eigenvalue weighted by molar-refractivity contribution is 9.09. The minimum Gasteiger partial charge on any atom is -0.399 e. The van der Waals surface area contributed by atoms with Gasteiger partial charge in [0, 0.05) is 11.0 Å². The first-order valence-electron chi connectivity index (χ1n) is 3.73. The van der Waals surface area contributed by atoms with Gasteiger partial charge in [-0.05, 0) is 30.5 Å². The van der Waals surface area contributed by atoms with E-state index in [0.717, 1.165) is 17.4 Å². The SMILES string of the molecule is Br.Nc1ccc(CCCBr)cc1. The second-order valence-electron chi connectivity index (χ2n) is 2.53. The molecular formula is C9H13Br2N. The third kappa shape index (κ3) is 4.12. The van der Waals surface area contributed by atoms with Crippen molar-refractivity contribution < 1.29 is 0 Å². The van der Waals surface area contributed by atoms with E-state index in [1.807, 2.05) is 12.1 Å².